The summed E-state index contributed by atoms with van der Waals surface area (Å²) in [5, 5.41) is 11.3. The topological polar surface area (TPSA) is 141 Å². The van der Waals surface area contributed by atoms with E-state index in [0.29, 0.717) is 17.7 Å². The number of non-ortho nitro benzene ring substituents is 1. The average molecular weight is 411 g/mol. The lowest BCUT2D eigenvalue weighted by atomic mass is 10.1. The molecule has 2 aromatic carbocycles. The number of ether oxygens (including phenoxy) is 1. The molecular weight excluding hydrogens is 394 g/mol. The summed E-state index contributed by atoms with van der Waals surface area (Å²) < 4.78 is 10.7. The predicted octanol–water partition coefficient (Wildman–Crippen LogP) is 2.56. The molecule has 0 atom stereocenters. The van der Waals surface area contributed by atoms with Crippen molar-refractivity contribution in [1.82, 2.24) is 10.9 Å². The molecule has 0 radical (unpaired) electrons. The zero-order chi connectivity index (χ0) is 21.7. The first-order valence-corrected chi connectivity index (χ1v) is 8.95. The molecule has 1 heterocycles. The molecule has 0 fully saturated rings. The van der Waals surface area contributed by atoms with Gasteiger partial charge in [0.25, 0.3) is 17.5 Å². The smallest absolute Gasteiger partial charge is 0.349 e. The molecule has 0 aliphatic heterocycles. The summed E-state index contributed by atoms with van der Waals surface area (Å²) in [7, 11) is 0. The number of nitrogens with one attached hydrogen (secondary N) is 2. The number of benzene rings is 2. The molecule has 0 aliphatic carbocycles. The number of nitrogens with zero attached hydrogens (tertiary/aromatic N) is 1. The van der Waals surface area contributed by atoms with Crippen molar-refractivity contribution in [3.05, 3.63) is 80.2 Å². The summed E-state index contributed by atoms with van der Waals surface area (Å²) in [5.41, 5.74) is 2.95. The first-order valence-electron chi connectivity index (χ1n) is 8.95. The maximum Gasteiger partial charge on any atom is 0.349 e. The number of hydrazine groups is 1. The van der Waals surface area contributed by atoms with Gasteiger partial charge in [0.1, 0.15) is 16.9 Å². The second-order valence-corrected chi connectivity index (χ2v) is 6.21. The number of fused-ring (bicyclic) bond motifs is 1. The first-order chi connectivity index (χ1) is 14.4. The lowest BCUT2D eigenvalue weighted by molar-refractivity contribution is -0.384. The average Bonchev–Trinajstić information content (AvgIpc) is 2.75. The van der Waals surface area contributed by atoms with Gasteiger partial charge in [0.05, 0.1) is 11.5 Å². The van der Waals surface area contributed by atoms with Crippen molar-refractivity contribution in [2.75, 3.05) is 6.61 Å². The minimum absolute atomic E-state index is 0.0327. The van der Waals surface area contributed by atoms with Crippen LogP contribution >= 0.6 is 0 Å². The highest BCUT2D eigenvalue weighted by molar-refractivity contribution is 6.00. The first kappa shape index (κ1) is 20.5. The van der Waals surface area contributed by atoms with Crippen LogP contribution in [0.15, 0.2) is 57.7 Å². The molecule has 0 unspecified atom stereocenters. The lowest BCUT2D eigenvalue weighted by Gasteiger charge is -2.08. The normalized spacial score (nSPS) is 10.4. The molecular formula is C20H17N3O7. The molecule has 154 valence electrons. The fraction of sp³-hybridized carbons (Fsp3) is 0.150. The quantitative estimate of drug-likeness (QED) is 0.361. The van der Waals surface area contributed by atoms with E-state index < -0.39 is 22.4 Å². The van der Waals surface area contributed by atoms with Crippen LogP contribution in [0.1, 0.15) is 34.1 Å². The molecule has 0 bridgehead atoms. The highest BCUT2D eigenvalue weighted by atomic mass is 16.6. The summed E-state index contributed by atoms with van der Waals surface area (Å²) >= 11 is 0. The third-order valence-corrected chi connectivity index (χ3v) is 4.03. The lowest BCUT2D eigenvalue weighted by Crippen LogP contribution is -2.43. The number of hydrogen-bond acceptors (Lipinski definition) is 7. The number of nitro groups is 1. The third kappa shape index (κ3) is 4.61. The van der Waals surface area contributed by atoms with Crippen LogP contribution in [-0.4, -0.2) is 23.3 Å². The van der Waals surface area contributed by atoms with E-state index in [4.69, 9.17) is 9.15 Å². The molecule has 3 rings (SSSR count). The van der Waals surface area contributed by atoms with E-state index in [-0.39, 0.29) is 22.4 Å². The molecule has 30 heavy (non-hydrogen) atoms. The van der Waals surface area contributed by atoms with Crippen LogP contribution in [-0.2, 0) is 0 Å². The predicted molar refractivity (Wildman–Crippen MR) is 106 cm³/mol. The number of rotatable bonds is 6. The Labute approximate surface area is 169 Å². The van der Waals surface area contributed by atoms with Crippen LogP contribution < -0.4 is 21.2 Å². The van der Waals surface area contributed by atoms with Gasteiger partial charge in [-0.3, -0.25) is 30.6 Å². The van der Waals surface area contributed by atoms with Gasteiger partial charge in [-0.1, -0.05) is 13.0 Å². The second-order valence-electron chi connectivity index (χ2n) is 6.21. The number of hydrogen-bond donors (Lipinski definition) is 2. The van der Waals surface area contributed by atoms with E-state index in [1.54, 1.807) is 18.2 Å². The second kappa shape index (κ2) is 8.86. The molecule has 2 N–H and O–H groups in total. The van der Waals surface area contributed by atoms with Crippen LogP contribution in [0.5, 0.6) is 5.75 Å². The Morgan fingerprint density at radius 2 is 1.87 bits per heavy atom. The minimum atomic E-state index is -0.893. The van der Waals surface area contributed by atoms with Crippen LogP contribution in [0.25, 0.3) is 11.0 Å². The zero-order valence-electron chi connectivity index (χ0n) is 15.8. The fourth-order valence-corrected chi connectivity index (χ4v) is 2.57. The summed E-state index contributed by atoms with van der Waals surface area (Å²) in [6, 6.07) is 11.2. The Bertz CT molecular complexity index is 1190. The van der Waals surface area contributed by atoms with Gasteiger partial charge in [-0.15, -0.1) is 0 Å². The minimum Gasteiger partial charge on any atom is -0.493 e. The van der Waals surface area contributed by atoms with Gasteiger partial charge in [-0.05, 0) is 30.7 Å². The Morgan fingerprint density at radius 1 is 1.10 bits per heavy atom. The maximum atomic E-state index is 12.3. The SMILES string of the molecule is CCCOc1ccc2cc(C(=O)NNC(=O)c3cccc([N+](=O)[O-])c3)c(=O)oc2c1. The maximum absolute atomic E-state index is 12.3. The van der Waals surface area contributed by atoms with Gasteiger partial charge in [0, 0.05) is 29.1 Å². The van der Waals surface area contributed by atoms with Crippen LogP contribution in [0.3, 0.4) is 0 Å². The summed E-state index contributed by atoms with van der Waals surface area (Å²) in [6.45, 7) is 2.48. The van der Waals surface area contributed by atoms with Crippen LogP contribution in [0, 0.1) is 10.1 Å². The van der Waals surface area contributed by atoms with Gasteiger partial charge in [0.15, 0.2) is 0 Å². The van der Waals surface area contributed by atoms with Crippen molar-refractivity contribution in [3.63, 3.8) is 0 Å². The highest BCUT2D eigenvalue weighted by Gasteiger charge is 2.16. The summed E-state index contributed by atoms with van der Waals surface area (Å²) in [4.78, 5) is 46.8. The molecule has 0 saturated carbocycles. The van der Waals surface area contributed by atoms with Crippen molar-refractivity contribution >= 4 is 28.5 Å². The number of carbonyl (C=O) groups excluding carboxylic acids is 2. The van der Waals surface area contributed by atoms with Crippen molar-refractivity contribution in [2.24, 2.45) is 0 Å². The molecule has 0 saturated heterocycles. The molecule has 3 aromatic rings. The van der Waals surface area contributed by atoms with Crippen molar-refractivity contribution in [1.29, 1.82) is 0 Å². The standard InChI is InChI=1S/C20H17N3O7/c1-2-8-29-15-7-6-12-10-16(20(26)30-17(12)11-15)19(25)22-21-18(24)13-4-3-5-14(9-13)23(27)28/h3-7,9-11H,2,8H2,1H3,(H,21,24)(H,22,25). The van der Waals surface area contributed by atoms with Gasteiger partial charge in [-0.2, -0.15) is 0 Å². The Kier molecular flexibility index (Phi) is 6.06. The van der Waals surface area contributed by atoms with Gasteiger partial charge >= 0.3 is 5.63 Å². The van der Waals surface area contributed by atoms with E-state index in [1.807, 2.05) is 6.92 Å². The number of amides is 2. The van der Waals surface area contributed by atoms with Crippen molar-refractivity contribution in [2.45, 2.75) is 13.3 Å². The summed E-state index contributed by atoms with van der Waals surface area (Å²) in [5.74, 6) is -1.14. The fourth-order valence-electron chi connectivity index (χ4n) is 2.57. The van der Waals surface area contributed by atoms with E-state index >= 15 is 0 Å². The molecule has 0 aliphatic rings. The highest BCUT2D eigenvalue weighted by Crippen LogP contribution is 2.20. The molecule has 0 spiro atoms. The Hall–Kier alpha value is -4.21. The van der Waals surface area contributed by atoms with Crippen molar-refractivity contribution in [3.8, 4) is 5.75 Å². The Balaban J connectivity index is 1.74. The number of nitro benzene ring substituents is 1. The van der Waals surface area contributed by atoms with Gasteiger partial charge in [-0.25, -0.2) is 4.79 Å². The monoisotopic (exact) mass is 411 g/mol. The largest absolute Gasteiger partial charge is 0.493 e. The molecule has 10 nitrogen and oxygen atoms in total. The Morgan fingerprint density at radius 3 is 2.60 bits per heavy atom. The summed E-state index contributed by atoms with van der Waals surface area (Å²) in [6.07, 6.45) is 0.823. The van der Waals surface area contributed by atoms with Crippen LogP contribution in [0.2, 0.25) is 0 Å². The van der Waals surface area contributed by atoms with E-state index in [9.17, 15) is 24.5 Å². The van der Waals surface area contributed by atoms with Gasteiger partial charge < -0.3 is 9.15 Å². The van der Waals surface area contributed by atoms with Crippen molar-refractivity contribution < 1.29 is 23.7 Å². The molecule has 10 heteroatoms. The zero-order valence-corrected chi connectivity index (χ0v) is 15.8. The van der Waals surface area contributed by atoms with E-state index in [1.165, 1.54) is 24.3 Å². The number of carbonyl (C=O) groups is 2. The molecule has 1 aromatic heterocycles. The third-order valence-electron chi connectivity index (χ3n) is 4.03. The molecule has 2 amide bonds. The van der Waals surface area contributed by atoms with Gasteiger partial charge in [0.2, 0.25) is 0 Å². The van der Waals surface area contributed by atoms with E-state index in [0.717, 1.165) is 12.5 Å². The van der Waals surface area contributed by atoms with E-state index in [2.05, 4.69) is 10.9 Å². The van der Waals surface area contributed by atoms with Crippen LogP contribution in [0.4, 0.5) is 5.69 Å².